The Morgan fingerprint density at radius 1 is 1.03 bits per heavy atom. The summed E-state index contributed by atoms with van der Waals surface area (Å²) in [6, 6.07) is 19.0. The van der Waals surface area contributed by atoms with Gasteiger partial charge in [-0.25, -0.2) is 0 Å². The van der Waals surface area contributed by atoms with Gasteiger partial charge in [-0.05, 0) is 49.2 Å². The Balaban J connectivity index is 1.58. The van der Waals surface area contributed by atoms with Crippen molar-refractivity contribution in [3.05, 3.63) is 101 Å². The topological polar surface area (TPSA) is 71.3 Å². The van der Waals surface area contributed by atoms with Crippen LogP contribution in [0.5, 0.6) is 0 Å². The van der Waals surface area contributed by atoms with Crippen LogP contribution in [0.15, 0.2) is 77.0 Å². The summed E-state index contributed by atoms with van der Waals surface area (Å²) in [5, 5.41) is 5.60. The van der Waals surface area contributed by atoms with Gasteiger partial charge in [-0.1, -0.05) is 42.0 Å². The predicted molar refractivity (Wildman–Crippen MR) is 126 cm³/mol. The quantitative estimate of drug-likeness (QED) is 0.378. The predicted octanol–water partition coefficient (Wildman–Crippen LogP) is 4.72. The molecule has 0 aliphatic carbocycles. The van der Waals surface area contributed by atoms with E-state index in [-0.39, 0.29) is 17.5 Å². The largest absolute Gasteiger partial charge is 0.465 e. The van der Waals surface area contributed by atoms with E-state index in [4.69, 9.17) is 4.42 Å². The minimum absolute atomic E-state index is 0.144. The van der Waals surface area contributed by atoms with Gasteiger partial charge in [-0.3, -0.25) is 9.59 Å². The normalized spacial score (nSPS) is 11.2. The number of carbonyl (C=O) groups excluding carboxylic acids is 2. The first-order chi connectivity index (χ1) is 15.0. The third-order valence-corrected chi connectivity index (χ3v) is 5.66. The molecule has 0 fully saturated rings. The van der Waals surface area contributed by atoms with Crippen molar-refractivity contribution >= 4 is 29.7 Å². The average molecular weight is 435 g/mol. The maximum atomic E-state index is 12.7. The molecule has 160 valence electrons. The Morgan fingerprint density at radius 3 is 2.61 bits per heavy atom. The molecule has 2 amide bonds. The molecule has 31 heavy (non-hydrogen) atoms. The lowest BCUT2D eigenvalue weighted by Crippen LogP contribution is -2.35. The molecule has 2 N–H and O–H groups in total. The first-order valence-electron chi connectivity index (χ1n) is 10.1. The Hall–Kier alpha value is -3.25. The highest BCUT2D eigenvalue weighted by Crippen LogP contribution is 2.15. The van der Waals surface area contributed by atoms with Crippen molar-refractivity contribution in [3.8, 4) is 0 Å². The molecule has 0 atom stereocenters. The highest BCUT2D eigenvalue weighted by atomic mass is 32.2. The number of nitrogens with one attached hydrogen (secondary N) is 2. The van der Waals surface area contributed by atoms with Gasteiger partial charge in [0.1, 0.15) is 11.5 Å². The summed E-state index contributed by atoms with van der Waals surface area (Å²) < 4.78 is 5.31. The molecular formula is C25H26N2O3S. The van der Waals surface area contributed by atoms with E-state index >= 15 is 0 Å². The van der Waals surface area contributed by atoms with Crippen LogP contribution >= 0.6 is 11.8 Å². The summed E-state index contributed by atoms with van der Waals surface area (Å²) in [5.41, 5.74) is 4.17. The molecule has 0 aliphatic rings. The van der Waals surface area contributed by atoms with Gasteiger partial charge in [0.15, 0.2) is 0 Å². The lowest BCUT2D eigenvalue weighted by Gasteiger charge is -2.11. The number of thioether (sulfide) groups is 1. The fraction of sp³-hybridized carbons (Fsp3) is 0.200. The molecule has 2 aromatic carbocycles. The molecule has 0 aliphatic heterocycles. The van der Waals surface area contributed by atoms with Gasteiger partial charge in [-0.15, -0.1) is 0 Å². The van der Waals surface area contributed by atoms with Gasteiger partial charge in [-0.2, -0.15) is 11.8 Å². The zero-order valence-corrected chi connectivity index (χ0v) is 18.5. The van der Waals surface area contributed by atoms with Crippen molar-refractivity contribution in [2.75, 3.05) is 12.3 Å². The lowest BCUT2D eigenvalue weighted by molar-refractivity contribution is -0.117. The maximum absolute atomic E-state index is 12.7. The van der Waals surface area contributed by atoms with Crippen LogP contribution in [0.25, 0.3) is 6.08 Å². The molecule has 0 bridgehead atoms. The molecule has 1 aromatic heterocycles. The van der Waals surface area contributed by atoms with E-state index in [9.17, 15) is 9.59 Å². The molecule has 3 aromatic rings. The van der Waals surface area contributed by atoms with Crippen molar-refractivity contribution < 1.29 is 14.0 Å². The van der Waals surface area contributed by atoms with Crippen LogP contribution in [-0.2, 0) is 10.5 Å². The minimum atomic E-state index is -0.353. The zero-order chi connectivity index (χ0) is 22.1. The molecule has 0 saturated heterocycles. The second kappa shape index (κ2) is 11.2. The van der Waals surface area contributed by atoms with Crippen molar-refractivity contribution in [2.24, 2.45) is 0 Å². The monoisotopic (exact) mass is 434 g/mol. The van der Waals surface area contributed by atoms with Crippen LogP contribution in [-0.4, -0.2) is 24.1 Å². The van der Waals surface area contributed by atoms with Gasteiger partial charge in [0.05, 0.1) is 6.26 Å². The third-order valence-electron chi connectivity index (χ3n) is 4.65. The van der Waals surface area contributed by atoms with E-state index in [2.05, 4.69) is 29.7 Å². The Morgan fingerprint density at radius 2 is 1.87 bits per heavy atom. The number of hydrogen-bond donors (Lipinski definition) is 2. The SMILES string of the molecule is Cc1cccc(C(=O)N/C(=C\c2ccco2)C(=O)NCCSCc2ccccc2C)c1. The summed E-state index contributed by atoms with van der Waals surface area (Å²) in [6.45, 7) is 4.50. The van der Waals surface area contributed by atoms with E-state index < -0.39 is 0 Å². The average Bonchev–Trinajstić information content (AvgIpc) is 3.27. The minimum Gasteiger partial charge on any atom is -0.465 e. The summed E-state index contributed by atoms with van der Waals surface area (Å²) in [5.74, 6) is 1.45. The first-order valence-corrected chi connectivity index (χ1v) is 11.2. The molecule has 1 heterocycles. The molecule has 3 rings (SSSR count). The van der Waals surface area contributed by atoms with Crippen molar-refractivity contribution in [2.45, 2.75) is 19.6 Å². The number of carbonyl (C=O) groups is 2. The smallest absolute Gasteiger partial charge is 0.267 e. The molecule has 0 saturated carbocycles. The standard InChI is InChI=1S/C25H26N2O3S/c1-18-7-5-10-20(15-18)24(28)27-23(16-22-11-6-13-30-22)25(29)26-12-14-31-17-21-9-4-3-8-19(21)2/h3-11,13,15-16H,12,14,17H2,1-2H3,(H,26,29)(H,27,28)/b23-16-. The fourth-order valence-electron chi connectivity index (χ4n) is 2.94. The van der Waals surface area contributed by atoms with Crippen LogP contribution in [0.3, 0.4) is 0 Å². The van der Waals surface area contributed by atoms with Crippen LogP contribution in [0.2, 0.25) is 0 Å². The summed E-state index contributed by atoms with van der Waals surface area (Å²) in [6.07, 6.45) is 3.05. The molecule has 0 radical (unpaired) electrons. The molecular weight excluding hydrogens is 408 g/mol. The summed E-state index contributed by atoms with van der Waals surface area (Å²) in [7, 11) is 0. The van der Waals surface area contributed by atoms with Gasteiger partial charge in [0.2, 0.25) is 0 Å². The highest BCUT2D eigenvalue weighted by Gasteiger charge is 2.15. The Bertz CT molecular complexity index is 1060. The van der Waals surface area contributed by atoms with E-state index in [0.717, 1.165) is 17.1 Å². The molecule has 6 heteroatoms. The third kappa shape index (κ3) is 6.89. The van der Waals surface area contributed by atoms with Crippen LogP contribution in [0.4, 0.5) is 0 Å². The van der Waals surface area contributed by atoms with Crippen LogP contribution in [0, 0.1) is 13.8 Å². The number of rotatable bonds is 9. The van der Waals surface area contributed by atoms with Crippen molar-refractivity contribution in [1.82, 2.24) is 10.6 Å². The zero-order valence-electron chi connectivity index (χ0n) is 17.7. The van der Waals surface area contributed by atoms with E-state index in [0.29, 0.717) is 17.9 Å². The van der Waals surface area contributed by atoms with E-state index in [1.54, 1.807) is 36.0 Å². The summed E-state index contributed by atoms with van der Waals surface area (Å²) >= 11 is 1.75. The maximum Gasteiger partial charge on any atom is 0.267 e. The van der Waals surface area contributed by atoms with Crippen LogP contribution in [0.1, 0.15) is 32.8 Å². The van der Waals surface area contributed by atoms with Gasteiger partial charge in [0, 0.05) is 29.7 Å². The second-order valence-corrected chi connectivity index (χ2v) is 8.24. The molecule has 0 unspecified atom stereocenters. The van der Waals surface area contributed by atoms with Gasteiger partial charge in [0.25, 0.3) is 11.8 Å². The van der Waals surface area contributed by atoms with E-state index in [1.165, 1.54) is 23.5 Å². The first kappa shape index (κ1) is 22.4. The van der Waals surface area contributed by atoms with Gasteiger partial charge >= 0.3 is 0 Å². The van der Waals surface area contributed by atoms with Gasteiger partial charge < -0.3 is 15.1 Å². The van der Waals surface area contributed by atoms with E-state index in [1.807, 2.05) is 31.2 Å². The lowest BCUT2D eigenvalue weighted by atomic mass is 10.1. The highest BCUT2D eigenvalue weighted by molar-refractivity contribution is 7.98. The number of aryl methyl sites for hydroxylation is 2. The molecule has 5 nitrogen and oxygen atoms in total. The molecule has 0 spiro atoms. The van der Waals surface area contributed by atoms with Crippen molar-refractivity contribution in [3.63, 3.8) is 0 Å². The second-order valence-electron chi connectivity index (χ2n) is 7.13. The van der Waals surface area contributed by atoms with Crippen molar-refractivity contribution in [1.29, 1.82) is 0 Å². The number of hydrogen-bond acceptors (Lipinski definition) is 4. The number of benzene rings is 2. The summed E-state index contributed by atoms with van der Waals surface area (Å²) in [4.78, 5) is 25.4. The Labute approximate surface area is 186 Å². The fourth-order valence-corrected chi connectivity index (χ4v) is 3.88. The number of amides is 2. The Kier molecular flexibility index (Phi) is 8.12. The van der Waals surface area contributed by atoms with Crippen LogP contribution < -0.4 is 10.6 Å². The number of furan rings is 1.